The summed E-state index contributed by atoms with van der Waals surface area (Å²) in [4.78, 5) is 0. The molecule has 2 nitrogen and oxygen atoms in total. The number of nitriles is 2. The number of fused-ring (bicyclic) bond motifs is 4. The number of nitrogens with zero attached hydrogens (tertiary/aromatic N) is 2. The van der Waals surface area contributed by atoms with Crippen LogP contribution < -0.4 is 0 Å². The van der Waals surface area contributed by atoms with Gasteiger partial charge >= 0.3 is 0 Å². The number of hydrogen-bond donors (Lipinski definition) is 0. The van der Waals surface area contributed by atoms with Crippen LogP contribution in [0.25, 0.3) is 0 Å². The van der Waals surface area contributed by atoms with E-state index in [0.717, 1.165) is 5.56 Å². The minimum absolute atomic E-state index is 0.0452. The maximum Gasteiger partial charge on any atom is 0.0991 e. The van der Waals surface area contributed by atoms with Gasteiger partial charge in [-0.05, 0) is 35.6 Å². The molecule has 3 aliphatic rings. The van der Waals surface area contributed by atoms with Crippen molar-refractivity contribution in [2.75, 3.05) is 0 Å². The van der Waals surface area contributed by atoms with Gasteiger partial charge in [-0.1, -0.05) is 6.07 Å². The zero-order chi connectivity index (χ0) is 10.2. The minimum atomic E-state index is -0.0452. The molecule has 2 saturated carbocycles. The normalized spacial score (nSPS) is 41.9. The molecule has 0 aliphatic heterocycles. The molecule has 2 fully saturated rings. The van der Waals surface area contributed by atoms with Crippen molar-refractivity contribution in [2.45, 2.75) is 18.3 Å². The van der Waals surface area contributed by atoms with E-state index in [1.165, 1.54) is 17.5 Å². The Morgan fingerprint density at radius 2 is 2.13 bits per heavy atom. The van der Waals surface area contributed by atoms with Gasteiger partial charge in [-0.2, -0.15) is 10.5 Å². The first-order valence-corrected chi connectivity index (χ1v) is 5.28. The summed E-state index contributed by atoms with van der Waals surface area (Å²) in [5.41, 5.74) is 3.31. The third-order valence-corrected chi connectivity index (χ3v) is 4.61. The molecule has 4 atom stereocenters. The quantitative estimate of drug-likeness (QED) is 0.633. The second kappa shape index (κ2) is 1.92. The molecular formula is C13H8N2. The fourth-order valence-electron chi connectivity index (χ4n) is 3.89. The van der Waals surface area contributed by atoms with Gasteiger partial charge in [0, 0.05) is 11.8 Å². The van der Waals surface area contributed by atoms with Crippen molar-refractivity contribution in [3.05, 3.63) is 34.9 Å². The third kappa shape index (κ3) is 0.546. The smallest absolute Gasteiger partial charge is 0.0991 e. The largest absolute Gasteiger partial charge is 0.198 e. The van der Waals surface area contributed by atoms with Crippen LogP contribution in [-0.4, -0.2) is 0 Å². The van der Waals surface area contributed by atoms with Crippen molar-refractivity contribution in [1.29, 1.82) is 10.5 Å². The number of benzene rings is 1. The highest BCUT2D eigenvalue weighted by Gasteiger charge is 2.81. The van der Waals surface area contributed by atoms with E-state index in [1.807, 2.05) is 12.1 Å². The first-order valence-electron chi connectivity index (χ1n) is 5.28. The highest BCUT2D eigenvalue weighted by molar-refractivity contribution is 5.61. The van der Waals surface area contributed by atoms with Gasteiger partial charge in [0.2, 0.25) is 0 Å². The molecule has 0 radical (unpaired) electrons. The maximum absolute atomic E-state index is 9.25. The maximum atomic E-state index is 9.25. The van der Waals surface area contributed by atoms with E-state index in [1.54, 1.807) is 0 Å². The summed E-state index contributed by atoms with van der Waals surface area (Å²) in [6.07, 6.45) is 1.17. The molecule has 70 valence electrons. The Kier molecular flexibility index (Phi) is 0.960. The molecule has 0 unspecified atom stereocenters. The van der Waals surface area contributed by atoms with Gasteiger partial charge in [0.05, 0.1) is 23.1 Å². The molecule has 4 rings (SSSR count). The Morgan fingerprint density at radius 3 is 2.87 bits per heavy atom. The summed E-state index contributed by atoms with van der Waals surface area (Å²) in [6, 6.07) is 10.6. The Hall–Kier alpha value is -1.80. The molecule has 0 amide bonds. The fourth-order valence-corrected chi connectivity index (χ4v) is 3.89. The summed E-state index contributed by atoms with van der Waals surface area (Å²) in [6.45, 7) is 0. The first-order chi connectivity index (χ1) is 7.32. The van der Waals surface area contributed by atoms with Crippen LogP contribution in [0, 0.1) is 34.0 Å². The van der Waals surface area contributed by atoms with Crippen LogP contribution in [0.1, 0.15) is 34.9 Å². The van der Waals surface area contributed by atoms with Crippen LogP contribution in [0.15, 0.2) is 18.2 Å². The standard InChI is InChI=1S/C13H8N2/c14-5-7-1-2-8-9(3-7)10-4-11-12(8)13(10,11)6-15/h1-3,10-12H,4H2/t10-,11+,12-,13-/m0/s1. The monoisotopic (exact) mass is 192 g/mol. The van der Waals surface area contributed by atoms with Gasteiger partial charge < -0.3 is 0 Å². The van der Waals surface area contributed by atoms with Crippen LogP contribution in [0.4, 0.5) is 0 Å². The van der Waals surface area contributed by atoms with E-state index in [9.17, 15) is 5.26 Å². The van der Waals surface area contributed by atoms with E-state index in [-0.39, 0.29) is 5.41 Å². The van der Waals surface area contributed by atoms with E-state index < -0.39 is 0 Å². The fraction of sp³-hybridized carbons (Fsp3) is 0.385. The molecule has 0 aromatic heterocycles. The van der Waals surface area contributed by atoms with Gasteiger partial charge in [0.25, 0.3) is 0 Å². The molecule has 0 heterocycles. The van der Waals surface area contributed by atoms with Gasteiger partial charge in [-0.15, -0.1) is 0 Å². The van der Waals surface area contributed by atoms with E-state index in [4.69, 9.17) is 5.26 Å². The van der Waals surface area contributed by atoms with Crippen LogP contribution in [0.5, 0.6) is 0 Å². The van der Waals surface area contributed by atoms with E-state index in [2.05, 4.69) is 18.2 Å². The number of hydrogen-bond acceptors (Lipinski definition) is 2. The first kappa shape index (κ1) is 7.49. The van der Waals surface area contributed by atoms with Crippen molar-refractivity contribution in [2.24, 2.45) is 11.3 Å². The minimum Gasteiger partial charge on any atom is -0.198 e. The molecule has 0 N–H and O–H groups in total. The molecule has 3 aliphatic carbocycles. The SMILES string of the molecule is N#Cc1ccc2c(c1)[C@@H]1C[C@@H]3[C@H]2[C@]31C#N. The Morgan fingerprint density at radius 1 is 1.27 bits per heavy atom. The lowest BCUT2D eigenvalue weighted by Gasteiger charge is -2.31. The van der Waals surface area contributed by atoms with Crippen LogP contribution in [0.2, 0.25) is 0 Å². The van der Waals surface area contributed by atoms with Crippen molar-refractivity contribution in [3.63, 3.8) is 0 Å². The van der Waals surface area contributed by atoms with Crippen LogP contribution in [-0.2, 0) is 0 Å². The van der Waals surface area contributed by atoms with Crippen molar-refractivity contribution in [1.82, 2.24) is 0 Å². The summed E-state index contributed by atoms with van der Waals surface area (Å²) in [5, 5.41) is 18.1. The molecular weight excluding hydrogens is 184 g/mol. The highest BCUT2D eigenvalue weighted by Crippen LogP contribution is 2.86. The zero-order valence-corrected chi connectivity index (χ0v) is 8.07. The Labute approximate surface area is 87.8 Å². The molecule has 15 heavy (non-hydrogen) atoms. The predicted molar refractivity (Wildman–Crippen MR) is 52.8 cm³/mol. The molecule has 1 aromatic carbocycles. The molecule has 2 heteroatoms. The molecule has 1 aromatic rings. The summed E-state index contributed by atoms with van der Waals surface area (Å²) >= 11 is 0. The van der Waals surface area contributed by atoms with Crippen LogP contribution in [0.3, 0.4) is 0 Å². The predicted octanol–water partition coefficient (Wildman–Crippen LogP) is 2.28. The average Bonchev–Trinajstić information content (AvgIpc) is 2.70. The Balaban J connectivity index is 1.95. The lowest BCUT2D eigenvalue weighted by atomic mass is 9.70. The summed E-state index contributed by atoms with van der Waals surface area (Å²) in [5.74, 6) is 1.56. The average molecular weight is 192 g/mol. The second-order valence-corrected chi connectivity index (χ2v) is 4.87. The van der Waals surface area contributed by atoms with Crippen LogP contribution >= 0.6 is 0 Å². The summed E-state index contributed by atoms with van der Waals surface area (Å²) in [7, 11) is 0. The molecule has 0 saturated heterocycles. The summed E-state index contributed by atoms with van der Waals surface area (Å²) < 4.78 is 0. The van der Waals surface area contributed by atoms with E-state index in [0.29, 0.717) is 17.8 Å². The van der Waals surface area contributed by atoms with Crippen molar-refractivity contribution >= 4 is 0 Å². The Bertz CT molecular complexity index is 575. The number of rotatable bonds is 0. The van der Waals surface area contributed by atoms with E-state index >= 15 is 0 Å². The molecule has 0 spiro atoms. The lowest BCUT2D eigenvalue weighted by Crippen LogP contribution is -2.24. The molecule has 0 bridgehead atoms. The van der Waals surface area contributed by atoms with Gasteiger partial charge in [0.15, 0.2) is 0 Å². The van der Waals surface area contributed by atoms with Gasteiger partial charge in [0.1, 0.15) is 0 Å². The highest BCUT2D eigenvalue weighted by atomic mass is 14.8. The van der Waals surface area contributed by atoms with Gasteiger partial charge in [-0.3, -0.25) is 0 Å². The lowest BCUT2D eigenvalue weighted by molar-refractivity contribution is 0.311. The van der Waals surface area contributed by atoms with Crippen molar-refractivity contribution in [3.8, 4) is 12.1 Å². The van der Waals surface area contributed by atoms with Crippen molar-refractivity contribution < 1.29 is 0 Å². The zero-order valence-electron chi connectivity index (χ0n) is 8.07. The topological polar surface area (TPSA) is 47.6 Å². The second-order valence-electron chi connectivity index (χ2n) is 4.87. The van der Waals surface area contributed by atoms with Gasteiger partial charge in [-0.25, -0.2) is 0 Å². The third-order valence-electron chi connectivity index (χ3n) is 4.61.